The van der Waals surface area contributed by atoms with Gasteiger partial charge in [0.15, 0.2) is 0 Å². The van der Waals surface area contributed by atoms with Crippen LogP contribution in [0.25, 0.3) is 0 Å². The highest BCUT2D eigenvalue weighted by molar-refractivity contribution is 5.41. The van der Waals surface area contributed by atoms with E-state index in [0.29, 0.717) is 0 Å². The Bertz CT molecular complexity index is 394. The molecule has 0 amide bonds. The van der Waals surface area contributed by atoms with Gasteiger partial charge < -0.3 is 15.2 Å². The Morgan fingerprint density at radius 2 is 2.11 bits per heavy atom. The number of hydrogen-bond acceptors (Lipinski definition) is 4. The number of nitrogens with zero attached hydrogens (tertiary/aromatic N) is 1. The third-order valence-corrected chi connectivity index (χ3v) is 3.27. The minimum Gasteiger partial charge on any atom is -0.496 e. The van der Waals surface area contributed by atoms with Crippen molar-refractivity contribution in [2.45, 2.75) is 46.1 Å². The molecule has 0 saturated carbocycles. The highest BCUT2D eigenvalue weighted by Gasteiger charge is 2.12. The summed E-state index contributed by atoms with van der Waals surface area (Å²) in [5.41, 5.74) is 9.35. The minimum absolute atomic E-state index is 0.124. The van der Waals surface area contributed by atoms with E-state index >= 15 is 0 Å². The average molecular weight is 266 g/mol. The van der Waals surface area contributed by atoms with Gasteiger partial charge >= 0.3 is 0 Å². The Balaban J connectivity index is 2.57. The molecule has 2 N–H and O–H groups in total. The first-order valence-corrected chi connectivity index (χ1v) is 6.92. The van der Waals surface area contributed by atoms with E-state index in [4.69, 9.17) is 15.2 Å². The molecule has 19 heavy (non-hydrogen) atoms. The second kappa shape index (κ2) is 8.12. The zero-order valence-corrected chi connectivity index (χ0v) is 12.5. The van der Waals surface area contributed by atoms with Crippen molar-refractivity contribution < 1.29 is 9.47 Å². The van der Waals surface area contributed by atoms with Crippen LogP contribution in [-0.2, 0) is 11.2 Å². The van der Waals surface area contributed by atoms with Crippen LogP contribution in [0, 0.1) is 13.8 Å². The Kier molecular flexibility index (Phi) is 6.81. The van der Waals surface area contributed by atoms with Crippen molar-refractivity contribution in [2.24, 2.45) is 5.73 Å². The van der Waals surface area contributed by atoms with Gasteiger partial charge in [-0.25, -0.2) is 0 Å². The quantitative estimate of drug-likeness (QED) is 0.734. The lowest BCUT2D eigenvalue weighted by Crippen LogP contribution is -2.24. The number of aromatic nitrogens is 1. The summed E-state index contributed by atoms with van der Waals surface area (Å²) < 4.78 is 10.7. The zero-order chi connectivity index (χ0) is 14.3. The minimum atomic E-state index is 0.124. The summed E-state index contributed by atoms with van der Waals surface area (Å²) in [6.07, 6.45) is 4.59. The maximum Gasteiger partial charge on any atom is 0.128 e. The first-order chi connectivity index (χ1) is 9.10. The lowest BCUT2D eigenvalue weighted by molar-refractivity contribution is 0.142. The highest BCUT2D eigenvalue weighted by atomic mass is 16.5. The number of aryl methyl sites for hydroxylation is 1. The molecule has 1 unspecified atom stereocenters. The van der Waals surface area contributed by atoms with Crippen molar-refractivity contribution >= 4 is 0 Å². The van der Waals surface area contributed by atoms with Crippen molar-refractivity contribution in [3.05, 3.63) is 23.0 Å². The normalized spacial score (nSPS) is 12.5. The molecule has 0 bridgehead atoms. The third-order valence-electron chi connectivity index (χ3n) is 3.27. The lowest BCUT2D eigenvalue weighted by atomic mass is 10.0. The van der Waals surface area contributed by atoms with E-state index in [9.17, 15) is 0 Å². The molecule has 1 aromatic rings. The molecule has 0 aliphatic rings. The van der Waals surface area contributed by atoms with Crippen LogP contribution < -0.4 is 10.5 Å². The number of pyridine rings is 1. The number of rotatable bonds is 8. The SMILES string of the molecule is CCOCCCC(N)Cc1ncc(C)c(OC)c1C. The number of methoxy groups -OCH3 is 1. The number of nitrogens with two attached hydrogens (primary N) is 1. The maximum atomic E-state index is 6.15. The van der Waals surface area contributed by atoms with Gasteiger partial charge in [-0.3, -0.25) is 4.98 Å². The fourth-order valence-electron chi connectivity index (χ4n) is 2.22. The summed E-state index contributed by atoms with van der Waals surface area (Å²) >= 11 is 0. The van der Waals surface area contributed by atoms with Crippen LogP contribution in [0.2, 0.25) is 0 Å². The molecule has 0 aliphatic carbocycles. The summed E-state index contributed by atoms with van der Waals surface area (Å²) in [6, 6.07) is 0.124. The summed E-state index contributed by atoms with van der Waals surface area (Å²) in [5, 5.41) is 0. The first-order valence-electron chi connectivity index (χ1n) is 6.92. The molecule has 0 spiro atoms. The van der Waals surface area contributed by atoms with E-state index in [0.717, 1.165) is 55.0 Å². The molecular formula is C15H26N2O2. The van der Waals surface area contributed by atoms with Gasteiger partial charge in [-0.15, -0.1) is 0 Å². The van der Waals surface area contributed by atoms with E-state index in [-0.39, 0.29) is 6.04 Å². The van der Waals surface area contributed by atoms with Gasteiger partial charge in [0.05, 0.1) is 7.11 Å². The van der Waals surface area contributed by atoms with Gasteiger partial charge in [-0.1, -0.05) is 0 Å². The van der Waals surface area contributed by atoms with Gasteiger partial charge in [0, 0.05) is 48.7 Å². The molecule has 1 rings (SSSR count). The van der Waals surface area contributed by atoms with Crippen molar-refractivity contribution in [1.82, 2.24) is 4.98 Å². The van der Waals surface area contributed by atoms with Crippen molar-refractivity contribution in [3.8, 4) is 5.75 Å². The Morgan fingerprint density at radius 1 is 1.37 bits per heavy atom. The number of ether oxygens (including phenoxy) is 2. The van der Waals surface area contributed by atoms with Gasteiger partial charge in [-0.05, 0) is 33.6 Å². The molecule has 108 valence electrons. The van der Waals surface area contributed by atoms with E-state index in [1.807, 2.05) is 27.0 Å². The largest absolute Gasteiger partial charge is 0.496 e. The molecule has 0 fully saturated rings. The fraction of sp³-hybridized carbons (Fsp3) is 0.667. The van der Waals surface area contributed by atoms with Crippen LogP contribution >= 0.6 is 0 Å². The van der Waals surface area contributed by atoms with Crippen LogP contribution in [0.4, 0.5) is 0 Å². The smallest absolute Gasteiger partial charge is 0.128 e. The maximum absolute atomic E-state index is 6.15. The van der Waals surface area contributed by atoms with Gasteiger partial charge in [0.1, 0.15) is 5.75 Å². The average Bonchev–Trinajstić information content (AvgIpc) is 2.39. The first kappa shape index (κ1) is 15.9. The number of hydrogen-bond donors (Lipinski definition) is 1. The van der Waals surface area contributed by atoms with E-state index in [1.54, 1.807) is 7.11 Å². The van der Waals surface area contributed by atoms with Gasteiger partial charge in [0.2, 0.25) is 0 Å². The lowest BCUT2D eigenvalue weighted by Gasteiger charge is -2.15. The van der Waals surface area contributed by atoms with E-state index in [2.05, 4.69) is 4.98 Å². The molecule has 0 radical (unpaired) electrons. The van der Waals surface area contributed by atoms with Crippen LogP contribution in [0.5, 0.6) is 5.75 Å². The molecule has 4 nitrogen and oxygen atoms in total. The topological polar surface area (TPSA) is 57.4 Å². The predicted octanol–water partition coefficient (Wildman–Crippen LogP) is 2.39. The van der Waals surface area contributed by atoms with Crippen LogP contribution in [0.1, 0.15) is 36.6 Å². The molecule has 0 saturated heterocycles. The summed E-state index contributed by atoms with van der Waals surface area (Å²) in [5.74, 6) is 0.923. The summed E-state index contributed by atoms with van der Waals surface area (Å²) in [7, 11) is 1.70. The van der Waals surface area contributed by atoms with Crippen molar-refractivity contribution in [3.63, 3.8) is 0 Å². The monoisotopic (exact) mass is 266 g/mol. The van der Waals surface area contributed by atoms with Crippen LogP contribution in [0.3, 0.4) is 0 Å². The van der Waals surface area contributed by atoms with Crippen LogP contribution in [0.15, 0.2) is 6.20 Å². The summed E-state index contributed by atoms with van der Waals surface area (Å²) in [4.78, 5) is 4.48. The Morgan fingerprint density at radius 3 is 2.74 bits per heavy atom. The summed E-state index contributed by atoms with van der Waals surface area (Å²) in [6.45, 7) is 7.61. The van der Waals surface area contributed by atoms with E-state index in [1.165, 1.54) is 0 Å². The predicted molar refractivity (Wildman–Crippen MR) is 77.7 cm³/mol. The zero-order valence-electron chi connectivity index (χ0n) is 12.5. The molecule has 0 aromatic carbocycles. The van der Waals surface area contributed by atoms with Crippen LogP contribution in [-0.4, -0.2) is 31.3 Å². The standard InChI is InChI=1S/C15H26N2O2/c1-5-19-8-6-7-13(16)9-14-12(3)15(18-4)11(2)10-17-14/h10,13H,5-9,16H2,1-4H3. The Hall–Kier alpha value is -1.13. The van der Waals surface area contributed by atoms with Gasteiger partial charge in [0.25, 0.3) is 0 Å². The molecule has 1 atom stereocenters. The van der Waals surface area contributed by atoms with Gasteiger partial charge in [-0.2, -0.15) is 0 Å². The Labute approximate surface area is 116 Å². The molecule has 4 heteroatoms. The third kappa shape index (κ3) is 4.80. The molecule has 1 aromatic heterocycles. The second-order valence-corrected chi connectivity index (χ2v) is 4.85. The fourth-order valence-corrected chi connectivity index (χ4v) is 2.22. The van der Waals surface area contributed by atoms with Crippen molar-refractivity contribution in [1.29, 1.82) is 0 Å². The van der Waals surface area contributed by atoms with E-state index < -0.39 is 0 Å². The molecular weight excluding hydrogens is 240 g/mol. The molecule has 0 aliphatic heterocycles. The molecule has 1 heterocycles. The van der Waals surface area contributed by atoms with Crippen molar-refractivity contribution in [2.75, 3.05) is 20.3 Å². The highest BCUT2D eigenvalue weighted by Crippen LogP contribution is 2.24. The second-order valence-electron chi connectivity index (χ2n) is 4.85.